The summed E-state index contributed by atoms with van der Waals surface area (Å²) in [5.74, 6) is -0.0522. The molecule has 2 amide bonds. The molecule has 2 heterocycles. The Labute approximate surface area is 258 Å². The van der Waals surface area contributed by atoms with Gasteiger partial charge in [-0.15, -0.1) is 10.2 Å². The molecule has 3 aromatic carbocycles. The van der Waals surface area contributed by atoms with Crippen LogP contribution in [0.2, 0.25) is 0 Å². The van der Waals surface area contributed by atoms with Gasteiger partial charge in [-0.05, 0) is 61.0 Å². The van der Waals surface area contributed by atoms with Crippen molar-refractivity contribution in [1.29, 1.82) is 0 Å². The average Bonchev–Trinajstić information content (AvgIpc) is 3.62. The fourth-order valence-corrected chi connectivity index (χ4v) is 5.75. The predicted molar refractivity (Wildman–Crippen MR) is 163 cm³/mol. The number of carbonyl (C=O) groups excluding carboxylic acids is 2. The van der Waals surface area contributed by atoms with Crippen molar-refractivity contribution in [2.75, 3.05) is 17.7 Å². The van der Waals surface area contributed by atoms with Gasteiger partial charge in [-0.1, -0.05) is 54.6 Å². The SMILES string of the molecule is CCCCOc1ccc(C(=O)NCc2nnc(SCC(=O)Nc3nc4ccccc4s3)n2-c2cccc(C(F)(F)F)c2)cc1. The summed E-state index contributed by atoms with van der Waals surface area (Å²) >= 11 is 2.33. The lowest BCUT2D eigenvalue weighted by atomic mass is 10.2. The first-order chi connectivity index (χ1) is 21.2. The Balaban J connectivity index is 1.31. The fraction of sp³-hybridized carbons (Fsp3) is 0.233. The van der Waals surface area contributed by atoms with Gasteiger partial charge in [0.1, 0.15) is 5.75 Å². The zero-order chi connectivity index (χ0) is 31.1. The summed E-state index contributed by atoms with van der Waals surface area (Å²) in [6.07, 6.45) is -2.65. The summed E-state index contributed by atoms with van der Waals surface area (Å²) in [6.45, 7) is 2.51. The number of thiazole rings is 1. The highest BCUT2D eigenvalue weighted by atomic mass is 32.2. The number of halogens is 3. The Kier molecular flexibility index (Phi) is 9.80. The van der Waals surface area contributed by atoms with Crippen LogP contribution in [0.5, 0.6) is 5.75 Å². The number of hydrogen-bond donors (Lipinski definition) is 2. The minimum absolute atomic E-state index is 0.105. The molecule has 5 rings (SSSR count). The molecule has 0 aliphatic heterocycles. The molecular weight excluding hydrogens is 613 g/mol. The number of nitrogens with one attached hydrogen (secondary N) is 2. The Hall–Kier alpha value is -4.43. The number of para-hydroxylation sites is 1. The van der Waals surface area contributed by atoms with Gasteiger partial charge in [0, 0.05) is 5.56 Å². The van der Waals surface area contributed by atoms with E-state index in [9.17, 15) is 22.8 Å². The Morgan fingerprint density at radius 1 is 1.02 bits per heavy atom. The van der Waals surface area contributed by atoms with Crippen LogP contribution in [0.3, 0.4) is 0 Å². The minimum atomic E-state index is -4.57. The quantitative estimate of drug-likeness (QED) is 0.115. The Morgan fingerprint density at radius 3 is 2.57 bits per heavy atom. The third kappa shape index (κ3) is 7.74. The van der Waals surface area contributed by atoms with Gasteiger partial charge in [-0.3, -0.25) is 14.2 Å². The number of rotatable bonds is 12. The highest BCUT2D eigenvalue weighted by Crippen LogP contribution is 2.32. The molecule has 9 nitrogen and oxygen atoms in total. The number of benzene rings is 3. The molecule has 0 bridgehead atoms. The van der Waals surface area contributed by atoms with Crippen LogP contribution in [0.1, 0.15) is 41.5 Å². The highest BCUT2D eigenvalue weighted by molar-refractivity contribution is 7.99. The van der Waals surface area contributed by atoms with Gasteiger partial charge in [0.15, 0.2) is 16.1 Å². The molecule has 0 fully saturated rings. The van der Waals surface area contributed by atoms with Crippen molar-refractivity contribution in [3.63, 3.8) is 0 Å². The molecule has 2 aromatic heterocycles. The van der Waals surface area contributed by atoms with Gasteiger partial charge < -0.3 is 15.4 Å². The van der Waals surface area contributed by atoms with Gasteiger partial charge in [0.2, 0.25) is 5.91 Å². The van der Waals surface area contributed by atoms with E-state index in [1.54, 1.807) is 24.3 Å². The second kappa shape index (κ2) is 13.9. The molecule has 5 aromatic rings. The summed E-state index contributed by atoms with van der Waals surface area (Å²) in [5, 5.41) is 14.4. The molecule has 0 spiro atoms. The smallest absolute Gasteiger partial charge is 0.416 e. The van der Waals surface area contributed by atoms with E-state index in [0.29, 0.717) is 23.1 Å². The van der Waals surface area contributed by atoms with E-state index in [-0.39, 0.29) is 34.9 Å². The number of amides is 2. The van der Waals surface area contributed by atoms with Crippen molar-refractivity contribution >= 4 is 50.3 Å². The van der Waals surface area contributed by atoms with Crippen molar-refractivity contribution in [2.24, 2.45) is 0 Å². The molecule has 0 saturated carbocycles. The lowest BCUT2D eigenvalue weighted by Crippen LogP contribution is -2.24. The molecule has 2 N–H and O–H groups in total. The van der Waals surface area contributed by atoms with Crippen LogP contribution >= 0.6 is 23.1 Å². The first-order valence-electron chi connectivity index (χ1n) is 13.6. The topological polar surface area (TPSA) is 111 Å². The molecule has 14 heteroatoms. The van der Waals surface area contributed by atoms with E-state index in [1.165, 1.54) is 28.0 Å². The van der Waals surface area contributed by atoms with E-state index >= 15 is 0 Å². The highest BCUT2D eigenvalue weighted by Gasteiger charge is 2.31. The van der Waals surface area contributed by atoms with E-state index in [1.807, 2.05) is 24.3 Å². The van der Waals surface area contributed by atoms with E-state index in [4.69, 9.17) is 4.74 Å². The summed E-state index contributed by atoms with van der Waals surface area (Å²) in [6, 6.07) is 18.8. The van der Waals surface area contributed by atoms with Crippen molar-refractivity contribution < 1.29 is 27.5 Å². The van der Waals surface area contributed by atoms with Gasteiger partial charge in [-0.2, -0.15) is 13.2 Å². The third-order valence-electron chi connectivity index (χ3n) is 6.29. The number of unbranched alkanes of at least 4 members (excludes halogenated alkanes) is 1. The van der Waals surface area contributed by atoms with E-state index in [2.05, 4.69) is 32.7 Å². The largest absolute Gasteiger partial charge is 0.494 e. The number of carbonyl (C=O) groups is 2. The van der Waals surface area contributed by atoms with Crippen LogP contribution in [-0.2, 0) is 17.5 Å². The van der Waals surface area contributed by atoms with Crippen LogP contribution in [0.4, 0.5) is 18.3 Å². The molecule has 0 saturated heterocycles. The third-order valence-corrected chi connectivity index (χ3v) is 8.18. The number of hydrogen-bond acceptors (Lipinski definition) is 8. The summed E-state index contributed by atoms with van der Waals surface area (Å²) in [4.78, 5) is 30.0. The summed E-state index contributed by atoms with van der Waals surface area (Å²) < 4.78 is 48.6. The molecule has 228 valence electrons. The molecule has 44 heavy (non-hydrogen) atoms. The number of anilines is 1. The molecule has 0 radical (unpaired) electrons. The molecule has 0 atom stereocenters. The van der Waals surface area contributed by atoms with Crippen LogP contribution in [0.15, 0.2) is 78.0 Å². The Morgan fingerprint density at radius 2 is 1.82 bits per heavy atom. The molecule has 0 aliphatic rings. The zero-order valence-corrected chi connectivity index (χ0v) is 25.1. The van der Waals surface area contributed by atoms with Crippen molar-refractivity contribution in [1.82, 2.24) is 25.1 Å². The normalized spacial score (nSPS) is 11.5. The Bertz CT molecular complexity index is 1720. The van der Waals surface area contributed by atoms with Gasteiger partial charge >= 0.3 is 6.18 Å². The first-order valence-corrected chi connectivity index (χ1v) is 15.4. The standard InChI is InChI=1S/C30H27F3N6O3S2/c1-2-3-15-42-22-13-11-19(12-14-22)27(41)34-17-25-37-38-29(39(25)21-8-6-7-20(16-21)30(31,32)33)43-18-26(40)36-28-35-23-9-4-5-10-24(23)44-28/h4-14,16H,2-3,15,17-18H2,1H3,(H,34,41)(H,35,36,40). The summed E-state index contributed by atoms with van der Waals surface area (Å²) in [7, 11) is 0. The second-order valence-corrected chi connectivity index (χ2v) is 11.5. The van der Waals surface area contributed by atoms with Crippen LogP contribution in [0, 0.1) is 0 Å². The van der Waals surface area contributed by atoms with Gasteiger partial charge in [-0.25, -0.2) is 4.98 Å². The first kappa shape index (κ1) is 31.0. The monoisotopic (exact) mass is 640 g/mol. The molecule has 0 aliphatic carbocycles. The van der Waals surface area contributed by atoms with Crippen molar-refractivity contribution in [3.8, 4) is 11.4 Å². The predicted octanol–water partition coefficient (Wildman–Crippen LogP) is 6.74. The van der Waals surface area contributed by atoms with Crippen molar-refractivity contribution in [2.45, 2.75) is 37.6 Å². The van der Waals surface area contributed by atoms with Crippen LogP contribution in [0.25, 0.3) is 15.9 Å². The number of fused-ring (bicyclic) bond motifs is 1. The molecular formula is C30H27F3N6O3S2. The van der Waals surface area contributed by atoms with Crippen molar-refractivity contribution in [3.05, 3.63) is 89.7 Å². The zero-order valence-electron chi connectivity index (χ0n) is 23.4. The van der Waals surface area contributed by atoms with E-state index in [0.717, 1.165) is 47.0 Å². The minimum Gasteiger partial charge on any atom is -0.494 e. The van der Waals surface area contributed by atoms with Gasteiger partial charge in [0.05, 0.1) is 40.4 Å². The maximum absolute atomic E-state index is 13.5. The second-order valence-electron chi connectivity index (χ2n) is 9.51. The number of nitrogens with zero attached hydrogens (tertiary/aromatic N) is 4. The van der Waals surface area contributed by atoms with Crippen LogP contribution in [-0.4, -0.2) is 43.9 Å². The number of aromatic nitrogens is 4. The maximum Gasteiger partial charge on any atom is 0.416 e. The lowest BCUT2D eigenvalue weighted by Gasteiger charge is -2.13. The lowest BCUT2D eigenvalue weighted by molar-refractivity contribution is -0.137. The van der Waals surface area contributed by atoms with E-state index < -0.39 is 17.6 Å². The average molecular weight is 641 g/mol. The molecule has 0 unspecified atom stereocenters. The summed E-state index contributed by atoms with van der Waals surface area (Å²) in [5.41, 5.74) is 0.410. The number of ether oxygens (including phenoxy) is 1. The number of thioether (sulfide) groups is 1. The van der Waals surface area contributed by atoms with Gasteiger partial charge in [0.25, 0.3) is 5.91 Å². The number of alkyl halides is 3. The maximum atomic E-state index is 13.5. The van der Waals surface area contributed by atoms with Crippen LogP contribution < -0.4 is 15.4 Å². The fourth-order valence-electron chi connectivity index (χ4n) is 4.10.